The third kappa shape index (κ3) is 2.72. The first kappa shape index (κ1) is 19.5. The first-order valence-corrected chi connectivity index (χ1v) is 12.9. The summed E-state index contributed by atoms with van der Waals surface area (Å²) in [5.74, 6) is 0.719. The maximum atomic E-state index is 2.52. The Morgan fingerprint density at radius 3 is 2.07 bits per heavy atom. The molecule has 3 aliphatic carbocycles. The van der Waals surface area contributed by atoms with Crippen molar-refractivity contribution in [3.05, 3.63) is 56.0 Å². The second-order valence-corrected chi connectivity index (χ2v) is 13.4. The van der Waals surface area contributed by atoms with Crippen molar-refractivity contribution < 1.29 is 0 Å². The molecule has 0 nitrogen and oxygen atoms in total. The molecule has 0 saturated carbocycles. The summed E-state index contributed by atoms with van der Waals surface area (Å²) in [6.45, 7) is 18.9. The van der Waals surface area contributed by atoms with Crippen LogP contribution in [0.15, 0.2) is 18.2 Å². The maximum Gasteiger partial charge on any atom is 0.0326 e. The first-order chi connectivity index (χ1) is 13.5. The maximum absolute atomic E-state index is 2.52. The van der Waals surface area contributed by atoms with E-state index >= 15 is 0 Å². The van der Waals surface area contributed by atoms with Crippen molar-refractivity contribution in [3.8, 4) is 11.1 Å². The molecular weight excluding hydrogens is 364 g/mol. The van der Waals surface area contributed by atoms with Crippen LogP contribution < -0.4 is 5.22 Å². The smallest absolute Gasteiger partial charge is 0.0326 e. The van der Waals surface area contributed by atoms with Gasteiger partial charge in [-0.05, 0) is 84.3 Å². The van der Waals surface area contributed by atoms with E-state index in [0.29, 0.717) is 9.13 Å². The van der Waals surface area contributed by atoms with E-state index in [1.54, 1.807) is 32.3 Å². The molecule has 1 heterocycles. The molecule has 0 saturated heterocycles. The normalized spacial score (nSPS) is 21.0. The molecule has 0 spiro atoms. The third-order valence-electron chi connectivity index (χ3n) is 7.57. The van der Waals surface area contributed by atoms with Crippen molar-refractivity contribution in [2.75, 3.05) is 0 Å². The van der Waals surface area contributed by atoms with Crippen LogP contribution >= 0.6 is 0 Å². The fourth-order valence-electron chi connectivity index (χ4n) is 5.78. The van der Waals surface area contributed by atoms with Gasteiger partial charge in [0.2, 0.25) is 0 Å². The quantitative estimate of drug-likeness (QED) is 0.511. The molecule has 6 bridgehead atoms. The minimum Gasteiger partial charge on any atom is -0.0654 e. The summed E-state index contributed by atoms with van der Waals surface area (Å²) in [6.07, 6.45) is 4.13. The van der Waals surface area contributed by atoms with Crippen molar-refractivity contribution >= 4 is 14.7 Å². The van der Waals surface area contributed by atoms with Crippen LogP contribution in [0, 0.1) is 11.7 Å². The zero-order valence-electron chi connectivity index (χ0n) is 19.6. The van der Waals surface area contributed by atoms with Gasteiger partial charge >= 0.3 is 0 Å². The molecule has 2 aromatic carbocycles. The van der Waals surface area contributed by atoms with Crippen LogP contribution in [0.5, 0.6) is 0 Å². The highest BCUT2D eigenvalue weighted by molar-refractivity contribution is 6.37. The van der Waals surface area contributed by atoms with Gasteiger partial charge in [-0.3, -0.25) is 0 Å². The largest absolute Gasteiger partial charge is 0.0654 e. The number of rotatable bonds is 4. The topological polar surface area (TPSA) is 0 Å². The molecule has 2 aromatic rings. The minimum atomic E-state index is 0.176. The molecule has 4 aliphatic rings. The van der Waals surface area contributed by atoms with E-state index in [-0.39, 0.29) is 10.8 Å². The Kier molecular flexibility index (Phi) is 4.05. The van der Waals surface area contributed by atoms with E-state index in [4.69, 9.17) is 0 Å². The van der Waals surface area contributed by atoms with Crippen molar-refractivity contribution in [1.29, 1.82) is 0 Å². The van der Waals surface area contributed by atoms with Gasteiger partial charge in [0.1, 0.15) is 0 Å². The zero-order chi connectivity index (χ0) is 20.9. The SMILES string of the molecule is CCCCC1[SiH]=c2c(C)c3c4c(-c5cc(C(C)(C)C)cc(C(C)(C)C)c5)c2=C1C34. The molecule has 0 amide bonds. The van der Waals surface area contributed by atoms with E-state index in [0.717, 1.165) is 11.5 Å². The molecule has 0 aromatic heterocycles. The molecule has 2 atom stereocenters. The number of benzene rings is 2. The average Bonchev–Trinajstić information content (AvgIpc) is 3.14. The average molecular weight is 401 g/mol. The van der Waals surface area contributed by atoms with Crippen LogP contribution in [0.2, 0.25) is 5.54 Å². The Bertz CT molecular complexity index is 1130. The summed E-state index contributed by atoms with van der Waals surface area (Å²) in [4.78, 5) is 1.78. The lowest BCUT2D eigenvalue weighted by atomic mass is 9.78. The first-order valence-electron chi connectivity index (χ1n) is 11.6. The van der Waals surface area contributed by atoms with E-state index in [1.807, 2.05) is 5.57 Å². The van der Waals surface area contributed by atoms with Gasteiger partial charge in [-0.15, -0.1) is 0 Å². The van der Waals surface area contributed by atoms with Crippen molar-refractivity contribution in [2.24, 2.45) is 0 Å². The second kappa shape index (κ2) is 6.03. The van der Waals surface area contributed by atoms with Crippen LogP contribution in [0.3, 0.4) is 0 Å². The molecule has 2 unspecified atom stereocenters. The third-order valence-corrected chi connectivity index (χ3v) is 9.72. The highest BCUT2D eigenvalue weighted by Crippen LogP contribution is 2.63. The van der Waals surface area contributed by atoms with Crippen LogP contribution in [0.1, 0.15) is 101 Å². The molecule has 1 aliphatic heterocycles. The lowest BCUT2D eigenvalue weighted by molar-refractivity contribution is 0.569. The molecular formula is C28H36Si. The van der Waals surface area contributed by atoms with Gasteiger partial charge in [0.15, 0.2) is 0 Å². The van der Waals surface area contributed by atoms with Crippen LogP contribution in [-0.4, -0.2) is 9.13 Å². The summed E-state index contributed by atoms with van der Waals surface area (Å²) < 4.78 is 0. The molecule has 0 fully saturated rings. The summed E-state index contributed by atoms with van der Waals surface area (Å²) in [5.41, 5.74) is 14.3. The Balaban J connectivity index is 1.75. The zero-order valence-corrected chi connectivity index (χ0v) is 20.7. The summed E-state index contributed by atoms with van der Waals surface area (Å²) in [5, 5.41) is 1.72. The predicted molar refractivity (Wildman–Crippen MR) is 128 cm³/mol. The standard InChI is InChI=1S/C28H36Si/c1-9-10-11-19-22-24-20-15(2)26(29-19)25(22)21(23(20)24)16-12-17(27(3,4)5)14-18(13-16)28(6,7)8/h12-14,19,24,29H,9-11H2,1-8H3. The van der Waals surface area contributed by atoms with Gasteiger partial charge in [0, 0.05) is 15.0 Å². The van der Waals surface area contributed by atoms with Gasteiger partial charge in [-0.2, -0.15) is 0 Å². The van der Waals surface area contributed by atoms with Gasteiger partial charge in [0.05, 0.1) is 0 Å². The van der Waals surface area contributed by atoms with Crippen molar-refractivity contribution in [1.82, 2.24) is 0 Å². The Morgan fingerprint density at radius 1 is 0.897 bits per heavy atom. The van der Waals surface area contributed by atoms with Crippen LogP contribution in [0.25, 0.3) is 16.7 Å². The highest BCUT2D eigenvalue weighted by atomic mass is 28.2. The minimum absolute atomic E-state index is 0.176. The van der Waals surface area contributed by atoms with Crippen molar-refractivity contribution in [2.45, 2.75) is 96.9 Å². The molecule has 0 N–H and O–H groups in total. The Hall–Kier alpha value is -1.47. The fourth-order valence-corrected chi connectivity index (χ4v) is 8.00. The summed E-state index contributed by atoms with van der Waals surface area (Å²) in [7, 11) is 0.430. The van der Waals surface area contributed by atoms with E-state index in [9.17, 15) is 0 Å². The highest BCUT2D eigenvalue weighted by Gasteiger charge is 2.50. The molecule has 1 heteroatoms. The number of unbranched alkanes of at least 4 members (excludes halogenated alkanes) is 1. The van der Waals surface area contributed by atoms with E-state index in [1.165, 1.54) is 36.0 Å². The van der Waals surface area contributed by atoms with E-state index < -0.39 is 0 Å². The summed E-state index contributed by atoms with van der Waals surface area (Å²) in [6, 6.07) is 7.51. The Labute approximate surface area is 178 Å². The van der Waals surface area contributed by atoms with Gasteiger partial charge in [-0.25, -0.2) is 0 Å². The molecule has 0 radical (unpaired) electrons. The van der Waals surface area contributed by atoms with Crippen LogP contribution in [0.4, 0.5) is 0 Å². The van der Waals surface area contributed by atoms with E-state index in [2.05, 4.69) is 73.6 Å². The predicted octanol–water partition coefficient (Wildman–Crippen LogP) is 6.55. The van der Waals surface area contributed by atoms with Crippen LogP contribution in [-0.2, 0) is 10.8 Å². The van der Waals surface area contributed by atoms with Gasteiger partial charge < -0.3 is 0 Å². The number of hydrogen-bond donors (Lipinski definition) is 0. The Morgan fingerprint density at radius 2 is 1.52 bits per heavy atom. The fraction of sp³-hybridized carbons (Fsp3) is 0.536. The summed E-state index contributed by atoms with van der Waals surface area (Å²) >= 11 is 0. The monoisotopic (exact) mass is 400 g/mol. The second-order valence-electron chi connectivity index (χ2n) is 11.7. The molecule has 29 heavy (non-hydrogen) atoms. The van der Waals surface area contributed by atoms with Gasteiger partial charge in [-0.1, -0.05) is 79.5 Å². The number of hydrogen-bond acceptors (Lipinski definition) is 0. The van der Waals surface area contributed by atoms with Crippen molar-refractivity contribution in [3.63, 3.8) is 0 Å². The molecule has 152 valence electrons. The lowest BCUT2D eigenvalue weighted by Gasteiger charge is -2.26. The lowest BCUT2D eigenvalue weighted by Crippen LogP contribution is -2.17. The van der Waals surface area contributed by atoms with Gasteiger partial charge in [0.25, 0.3) is 0 Å². The molecule has 6 rings (SSSR count).